The van der Waals surface area contributed by atoms with Crippen LogP contribution in [0, 0.1) is 0 Å². The van der Waals surface area contributed by atoms with Gasteiger partial charge in [0.25, 0.3) is 11.8 Å². The van der Waals surface area contributed by atoms with Crippen LogP contribution in [0.25, 0.3) is 0 Å². The summed E-state index contributed by atoms with van der Waals surface area (Å²) in [6.07, 6.45) is -6.26. The molecule has 6 nitrogen and oxygen atoms in total. The number of carbonyl (C=O) groups excluding carboxylic acids is 1. The fourth-order valence-corrected chi connectivity index (χ4v) is 4.35. The summed E-state index contributed by atoms with van der Waals surface area (Å²) in [5.74, 6) is -4.70. The third-order valence-electron chi connectivity index (χ3n) is 6.08. The van der Waals surface area contributed by atoms with Gasteiger partial charge < -0.3 is 9.80 Å². The van der Waals surface area contributed by atoms with Crippen molar-refractivity contribution in [1.82, 2.24) is 19.9 Å². The molecular formula is C22H22F7N5O. The Kier molecular flexibility index (Phi) is 6.87. The minimum Gasteiger partial charge on any atom is -0.337 e. The Morgan fingerprint density at radius 3 is 2.57 bits per heavy atom. The molecule has 0 spiro atoms. The van der Waals surface area contributed by atoms with E-state index in [4.69, 9.17) is 0 Å². The Hall–Kier alpha value is -2.99. The van der Waals surface area contributed by atoms with Crippen molar-refractivity contribution < 1.29 is 35.5 Å². The molecule has 4 rings (SSSR count). The van der Waals surface area contributed by atoms with Crippen LogP contribution in [0.5, 0.6) is 0 Å². The lowest BCUT2D eigenvalue weighted by atomic mass is 9.93. The monoisotopic (exact) mass is 505 g/mol. The lowest BCUT2D eigenvalue weighted by molar-refractivity contribution is -0.144. The molecule has 2 saturated heterocycles. The number of rotatable bonds is 5. The standard InChI is InChI=1S/C22H22F7N5O/c23-18(24)19(35)33-6-1-2-13(11-33)17-10-16(9-15-8-14(3-5-30-15)22(27,28)29)31-20(32-17)34-7-4-21(25,26)12-34/h3,5,8,10,13,18H,1-2,4,6-7,9,11-12H2. The number of amides is 1. The molecule has 0 aliphatic carbocycles. The van der Waals surface area contributed by atoms with Crippen LogP contribution in [-0.4, -0.2) is 64.3 Å². The number of halogens is 7. The van der Waals surface area contributed by atoms with Gasteiger partial charge in [0, 0.05) is 50.3 Å². The first-order valence-corrected chi connectivity index (χ1v) is 11.0. The van der Waals surface area contributed by atoms with Crippen molar-refractivity contribution in [3.8, 4) is 0 Å². The maximum Gasteiger partial charge on any atom is 0.416 e. The fourth-order valence-electron chi connectivity index (χ4n) is 4.35. The zero-order valence-corrected chi connectivity index (χ0v) is 18.4. The first-order chi connectivity index (χ1) is 16.4. The second kappa shape index (κ2) is 9.57. The van der Waals surface area contributed by atoms with E-state index in [0.717, 1.165) is 23.2 Å². The number of piperidine rings is 1. The molecule has 1 unspecified atom stereocenters. The maximum absolute atomic E-state index is 13.8. The normalized spacial score (nSPS) is 20.5. The number of alkyl halides is 7. The molecule has 0 aromatic carbocycles. The summed E-state index contributed by atoms with van der Waals surface area (Å²) in [5, 5.41) is 0. The zero-order valence-electron chi connectivity index (χ0n) is 18.4. The molecule has 4 heterocycles. The first kappa shape index (κ1) is 25.1. The third-order valence-corrected chi connectivity index (χ3v) is 6.08. The van der Waals surface area contributed by atoms with Gasteiger partial charge in [-0.25, -0.2) is 18.7 Å². The van der Waals surface area contributed by atoms with E-state index >= 15 is 0 Å². The van der Waals surface area contributed by atoms with Crippen LogP contribution in [0.1, 0.15) is 47.8 Å². The van der Waals surface area contributed by atoms with Gasteiger partial charge in [0.15, 0.2) is 0 Å². The number of pyridine rings is 1. The van der Waals surface area contributed by atoms with Gasteiger partial charge in [-0.15, -0.1) is 0 Å². The van der Waals surface area contributed by atoms with Gasteiger partial charge in [0.2, 0.25) is 5.95 Å². The van der Waals surface area contributed by atoms with E-state index in [-0.39, 0.29) is 43.4 Å². The molecule has 190 valence electrons. The lowest BCUT2D eigenvalue weighted by Crippen LogP contribution is -2.42. The quantitative estimate of drug-likeness (QED) is 0.568. The highest BCUT2D eigenvalue weighted by Crippen LogP contribution is 2.33. The van der Waals surface area contributed by atoms with Gasteiger partial charge in [-0.3, -0.25) is 9.78 Å². The molecule has 1 atom stereocenters. The van der Waals surface area contributed by atoms with Crippen molar-refractivity contribution in [2.45, 2.75) is 50.1 Å². The summed E-state index contributed by atoms with van der Waals surface area (Å²) in [7, 11) is 0. The molecule has 0 saturated carbocycles. The molecule has 13 heteroatoms. The highest BCUT2D eigenvalue weighted by atomic mass is 19.4. The van der Waals surface area contributed by atoms with Gasteiger partial charge >= 0.3 is 12.6 Å². The minimum absolute atomic E-state index is 0.0149. The van der Waals surface area contributed by atoms with E-state index < -0.39 is 48.9 Å². The number of carbonyl (C=O) groups is 1. The van der Waals surface area contributed by atoms with Gasteiger partial charge in [0.1, 0.15) is 0 Å². The number of likely N-dealkylation sites (tertiary alicyclic amines) is 1. The maximum atomic E-state index is 13.8. The SMILES string of the molecule is O=C(C(F)F)N1CCCC(c2cc(Cc3cc(C(F)(F)F)ccn3)nc(N3CCC(F)(F)C3)n2)C1. The summed E-state index contributed by atoms with van der Waals surface area (Å²) >= 11 is 0. The smallest absolute Gasteiger partial charge is 0.337 e. The predicted octanol–water partition coefficient (Wildman–Crippen LogP) is 4.30. The molecule has 1 amide bonds. The number of hydrogen-bond donors (Lipinski definition) is 0. The second-order valence-electron chi connectivity index (χ2n) is 8.75. The van der Waals surface area contributed by atoms with E-state index in [9.17, 15) is 35.5 Å². The molecule has 2 fully saturated rings. The summed E-state index contributed by atoms with van der Waals surface area (Å²) in [6.45, 7) is -0.495. The third kappa shape index (κ3) is 5.99. The van der Waals surface area contributed by atoms with Gasteiger partial charge in [0.05, 0.1) is 23.5 Å². The molecule has 2 aliphatic heterocycles. The second-order valence-corrected chi connectivity index (χ2v) is 8.75. The Bertz CT molecular complexity index is 1080. The average Bonchev–Trinajstić information content (AvgIpc) is 3.17. The van der Waals surface area contributed by atoms with Crippen LogP contribution < -0.4 is 4.90 Å². The Balaban J connectivity index is 1.66. The Morgan fingerprint density at radius 1 is 1.14 bits per heavy atom. The van der Waals surface area contributed by atoms with E-state index in [0.29, 0.717) is 18.5 Å². The first-order valence-electron chi connectivity index (χ1n) is 11.0. The van der Waals surface area contributed by atoms with E-state index in [1.165, 1.54) is 11.0 Å². The number of aromatic nitrogens is 3. The van der Waals surface area contributed by atoms with Crippen molar-refractivity contribution >= 4 is 11.9 Å². The van der Waals surface area contributed by atoms with Gasteiger partial charge in [-0.1, -0.05) is 0 Å². The number of nitrogens with zero attached hydrogens (tertiary/aromatic N) is 5. The van der Waals surface area contributed by atoms with Crippen molar-refractivity contribution in [3.05, 3.63) is 47.0 Å². The Morgan fingerprint density at radius 2 is 1.91 bits per heavy atom. The molecule has 0 N–H and O–H groups in total. The summed E-state index contributed by atoms with van der Waals surface area (Å²) < 4.78 is 92.8. The Labute approximate surface area is 196 Å². The van der Waals surface area contributed by atoms with Crippen LogP contribution >= 0.6 is 0 Å². The van der Waals surface area contributed by atoms with Gasteiger partial charge in [-0.2, -0.15) is 22.0 Å². The summed E-state index contributed by atoms with van der Waals surface area (Å²) in [5.41, 5.74) is -0.201. The molecular weight excluding hydrogens is 483 g/mol. The average molecular weight is 505 g/mol. The van der Waals surface area contributed by atoms with E-state index in [1.54, 1.807) is 0 Å². The van der Waals surface area contributed by atoms with E-state index in [1.807, 2.05) is 0 Å². The van der Waals surface area contributed by atoms with Crippen LogP contribution in [0.3, 0.4) is 0 Å². The lowest BCUT2D eigenvalue weighted by Gasteiger charge is -2.32. The topological polar surface area (TPSA) is 62.2 Å². The fraction of sp³-hybridized carbons (Fsp3) is 0.545. The molecule has 2 aromatic rings. The largest absolute Gasteiger partial charge is 0.416 e. The molecule has 0 radical (unpaired) electrons. The highest BCUT2D eigenvalue weighted by Gasteiger charge is 2.40. The summed E-state index contributed by atoms with van der Waals surface area (Å²) in [6, 6.07) is 3.24. The van der Waals surface area contributed by atoms with Crippen molar-refractivity contribution in [1.29, 1.82) is 0 Å². The molecule has 35 heavy (non-hydrogen) atoms. The number of anilines is 1. The zero-order chi connectivity index (χ0) is 25.4. The highest BCUT2D eigenvalue weighted by molar-refractivity contribution is 5.79. The van der Waals surface area contributed by atoms with Crippen molar-refractivity contribution in [3.63, 3.8) is 0 Å². The molecule has 2 aromatic heterocycles. The van der Waals surface area contributed by atoms with Crippen LogP contribution in [0.15, 0.2) is 24.4 Å². The van der Waals surface area contributed by atoms with Crippen molar-refractivity contribution in [2.24, 2.45) is 0 Å². The van der Waals surface area contributed by atoms with Crippen LogP contribution in [-0.2, 0) is 17.4 Å². The van der Waals surface area contributed by atoms with Crippen LogP contribution in [0.2, 0.25) is 0 Å². The van der Waals surface area contributed by atoms with E-state index in [2.05, 4.69) is 15.0 Å². The number of hydrogen-bond acceptors (Lipinski definition) is 5. The molecule has 2 aliphatic rings. The van der Waals surface area contributed by atoms with Crippen molar-refractivity contribution in [2.75, 3.05) is 31.1 Å². The predicted molar refractivity (Wildman–Crippen MR) is 110 cm³/mol. The molecule has 0 bridgehead atoms. The van der Waals surface area contributed by atoms with Gasteiger partial charge in [-0.05, 0) is 31.0 Å². The minimum atomic E-state index is -4.57. The van der Waals surface area contributed by atoms with Crippen LogP contribution in [0.4, 0.5) is 36.7 Å². The summed E-state index contributed by atoms with van der Waals surface area (Å²) in [4.78, 5) is 26.8.